The van der Waals surface area contributed by atoms with Gasteiger partial charge in [-0.25, -0.2) is 0 Å². The van der Waals surface area contributed by atoms with E-state index in [2.05, 4.69) is 0 Å². The van der Waals surface area contributed by atoms with Gasteiger partial charge < -0.3 is 14.9 Å². The molecule has 27 heavy (non-hydrogen) atoms. The maximum absolute atomic E-state index is 13.1. The zero-order valence-corrected chi connectivity index (χ0v) is 14.7. The Bertz CT molecular complexity index is 1000. The summed E-state index contributed by atoms with van der Waals surface area (Å²) < 4.78 is 5.16. The first-order valence-corrected chi connectivity index (χ1v) is 8.75. The molecule has 0 saturated heterocycles. The molecule has 6 nitrogen and oxygen atoms in total. The number of aromatic hydroxyl groups is 1. The Morgan fingerprint density at radius 1 is 1.11 bits per heavy atom. The predicted octanol–water partition coefficient (Wildman–Crippen LogP) is 1.84. The van der Waals surface area contributed by atoms with Crippen LogP contribution in [-0.4, -0.2) is 41.3 Å². The van der Waals surface area contributed by atoms with Crippen molar-refractivity contribution in [2.45, 2.75) is 19.3 Å². The number of hydrogen-bond acceptors (Lipinski definition) is 6. The first kappa shape index (κ1) is 17.4. The number of fused-ring (bicyclic) bond motifs is 3. The molecule has 138 valence electrons. The summed E-state index contributed by atoms with van der Waals surface area (Å²) in [5.41, 5.74) is 2.67. The van der Waals surface area contributed by atoms with E-state index in [0.717, 1.165) is 11.1 Å². The van der Waals surface area contributed by atoms with Gasteiger partial charge in [-0.2, -0.15) is 0 Å². The van der Waals surface area contributed by atoms with Gasteiger partial charge in [-0.1, -0.05) is 0 Å². The third kappa shape index (κ3) is 2.56. The number of aliphatic hydroxyl groups is 1. The highest BCUT2D eigenvalue weighted by Gasteiger charge is 2.35. The number of phenols is 1. The van der Waals surface area contributed by atoms with E-state index >= 15 is 0 Å². The topological polar surface area (TPSA) is 101 Å². The van der Waals surface area contributed by atoms with Gasteiger partial charge in [-0.05, 0) is 54.7 Å². The summed E-state index contributed by atoms with van der Waals surface area (Å²) in [5, 5.41) is 19.1. The molecule has 0 aliphatic heterocycles. The fraction of sp³-hybridized carbons (Fsp3) is 0.286. The zero-order chi connectivity index (χ0) is 19.3. The monoisotopic (exact) mass is 366 g/mol. The molecule has 0 spiro atoms. The van der Waals surface area contributed by atoms with Gasteiger partial charge in [0.15, 0.2) is 28.8 Å². The van der Waals surface area contributed by atoms with E-state index in [4.69, 9.17) is 9.84 Å². The highest BCUT2D eigenvalue weighted by atomic mass is 16.5. The van der Waals surface area contributed by atoms with E-state index in [1.165, 1.54) is 19.2 Å². The van der Waals surface area contributed by atoms with Crippen molar-refractivity contribution in [3.63, 3.8) is 0 Å². The van der Waals surface area contributed by atoms with E-state index in [1.54, 1.807) is 12.1 Å². The van der Waals surface area contributed by atoms with Crippen LogP contribution in [0.4, 0.5) is 0 Å². The van der Waals surface area contributed by atoms with E-state index in [1.807, 2.05) is 0 Å². The zero-order valence-electron chi connectivity index (χ0n) is 14.7. The molecule has 4 rings (SSSR count). The minimum atomic E-state index is -0.487. The molecule has 1 atom stereocenters. The molecule has 0 bridgehead atoms. The number of ether oxygens (including phenoxy) is 1. The number of aliphatic hydroxyl groups excluding tert-OH is 1. The minimum Gasteiger partial charge on any atom is -0.504 e. The molecule has 0 fully saturated rings. The van der Waals surface area contributed by atoms with Crippen molar-refractivity contribution < 1.29 is 29.3 Å². The van der Waals surface area contributed by atoms with Crippen molar-refractivity contribution in [1.29, 1.82) is 0 Å². The molecule has 2 aromatic carbocycles. The minimum absolute atomic E-state index is 0.00262. The van der Waals surface area contributed by atoms with Gasteiger partial charge in [0.05, 0.1) is 12.7 Å². The van der Waals surface area contributed by atoms with Gasteiger partial charge >= 0.3 is 0 Å². The van der Waals surface area contributed by atoms with Crippen LogP contribution in [0, 0.1) is 5.92 Å². The summed E-state index contributed by atoms with van der Waals surface area (Å²) in [4.78, 5) is 37.9. The summed E-state index contributed by atoms with van der Waals surface area (Å²) in [7, 11) is 1.34. The van der Waals surface area contributed by atoms with Crippen molar-refractivity contribution in [2.24, 2.45) is 5.92 Å². The Morgan fingerprint density at radius 3 is 2.52 bits per heavy atom. The fourth-order valence-corrected chi connectivity index (χ4v) is 4.06. The van der Waals surface area contributed by atoms with Gasteiger partial charge in [0.25, 0.3) is 0 Å². The van der Waals surface area contributed by atoms with Crippen LogP contribution in [0.2, 0.25) is 0 Å². The van der Waals surface area contributed by atoms with E-state index < -0.39 is 6.61 Å². The lowest BCUT2D eigenvalue weighted by molar-refractivity contribution is -0.125. The average molecular weight is 366 g/mol. The van der Waals surface area contributed by atoms with Gasteiger partial charge in [0, 0.05) is 22.6 Å². The van der Waals surface area contributed by atoms with Crippen LogP contribution in [0.1, 0.15) is 49.4 Å². The number of hydrogen-bond donors (Lipinski definition) is 2. The quantitative estimate of drug-likeness (QED) is 0.734. The Morgan fingerprint density at radius 2 is 1.81 bits per heavy atom. The van der Waals surface area contributed by atoms with E-state index in [0.29, 0.717) is 30.4 Å². The number of ketones is 3. The van der Waals surface area contributed by atoms with Crippen LogP contribution in [0.25, 0.3) is 0 Å². The van der Waals surface area contributed by atoms with Crippen LogP contribution < -0.4 is 4.74 Å². The second-order valence-electron chi connectivity index (χ2n) is 6.93. The fourth-order valence-electron chi connectivity index (χ4n) is 4.06. The lowest BCUT2D eigenvalue weighted by atomic mass is 9.76. The molecule has 0 saturated carbocycles. The van der Waals surface area contributed by atoms with Crippen molar-refractivity contribution in [3.05, 3.63) is 57.6 Å². The van der Waals surface area contributed by atoms with E-state index in [9.17, 15) is 19.5 Å². The van der Waals surface area contributed by atoms with Crippen LogP contribution in [0.3, 0.4) is 0 Å². The van der Waals surface area contributed by atoms with Crippen LogP contribution in [0.5, 0.6) is 11.5 Å². The van der Waals surface area contributed by atoms with Crippen molar-refractivity contribution in [1.82, 2.24) is 0 Å². The Balaban J connectivity index is 1.84. The van der Waals surface area contributed by atoms with Crippen LogP contribution in [-0.2, 0) is 17.6 Å². The predicted molar refractivity (Wildman–Crippen MR) is 95.6 cm³/mol. The first-order chi connectivity index (χ1) is 13.0. The second kappa shape index (κ2) is 6.32. The molecule has 2 aliphatic rings. The number of phenolic OH excluding ortho intramolecular Hbond substituents is 1. The summed E-state index contributed by atoms with van der Waals surface area (Å²) >= 11 is 0. The number of carbonyl (C=O) groups excluding carboxylic acids is 3. The van der Waals surface area contributed by atoms with Gasteiger partial charge in [0.2, 0.25) is 0 Å². The molecule has 0 radical (unpaired) electrons. The van der Waals surface area contributed by atoms with Crippen LogP contribution in [0.15, 0.2) is 24.3 Å². The standard InChI is InChI=1S/C21H18O6/c1-27-21-16(23)5-4-13-18(21)20(26)15-7-10-2-3-11(17(24)9-22)6-12(10)8-14(15)19(13)25/h4-5,7-8,11,22-23H,2-3,6,9H2,1H3. The smallest absolute Gasteiger partial charge is 0.198 e. The molecule has 1 unspecified atom stereocenters. The van der Waals surface area contributed by atoms with Crippen molar-refractivity contribution in [2.75, 3.05) is 13.7 Å². The van der Waals surface area contributed by atoms with Gasteiger partial charge in [-0.15, -0.1) is 0 Å². The Hall–Kier alpha value is -2.99. The SMILES string of the molecule is COc1c(O)ccc2c1C(=O)c1cc3c(cc1C2=O)CC(C(=O)CO)CC3. The van der Waals surface area contributed by atoms with Crippen LogP contribution >= 0.6 is 0 Å². The lowest BCUT2D eigenvalue weighted by Crippen LogP contribution is -2.27. The van der Waals surface area contributed by atoms with Gasteiger partial charge in [0.1, 0.15) is 6.61 Å². The first-order valence-electron chi connectivity index (χ1n) is 8.75. The third-order valence-corrected chi connectivity index (χ3v) is 5.48. The maximum atomic E-state index is 13.1. The number of methoxy groups -OCH3 is 1. The number of aryl methyl sites for hydroxylation is 1. The maximum Gasteiger partial charge on any atom is 0.198 e. The second-order valence-corrected chi connectivity index (χ2v) is 6.93. The number of carbonyl (C=O) groups is 3. The number of Topliss-reactive ketones (excluding diaryl/α,β-unsaturated/α-hetero) is 1. The molecular weight excluding hydrogens is 348 g/mol. The third-order valence-electron chi connectivity index (χ3n) is 5.48. The summed E-state index contributed by atoms with van der Waals surface area (Å²) in [6, 6.07) is 6.18. The molecule has 0 heterocycles. The Labute approximate surface area is 155 Å². The van der Waals surface area contributed by atoms with E-state index in [-0.39, 0.29) is 45.9 Å². The molecule has 2 aromatic rings. The molecule has 0 aromatic heterocycles. The van der Waals surface area contributed by atoms with Crippen molar-refractivity contribution in [3.8, 4) is 11.5 Å². The van der Waals surface area contributed by atoms with Crippen molar-refractivity contribution >= 4 is 17.3 Å². The molecule has 6 heteroatoms. The molecule has 2 aliphatic carbocycles. The highest BCUT2D eigenvalue weighted by molar-refractivity contribution is 6.29. The summed E-state index contributed by atoms with van der Waals surface area (Å²) in [6.45, 7) is -0.487. The molecular formula is C21H18O6. The average Bonchev–Trinajstić information content (AvgIpc) is 2.69. The van der Waals surface area contributed by atoms with Gasteiger partial charge in [-0.3, -0.25) is 14.4 Å². The largest absolute Gasteiger partial charge is 0.504 e. The molecule has 0 amide bonds. The summed E-state index contributed by atoms with van der Waals surface area (Å²) in [6.07, 6.45) is 1.66. The molecule has 2 N–H and O–H groups in total. The normalized spacial score (nSPS) is 17.8. The Kier molecular flexibility index (Phi) is 4.08. The lowest BCUT2D eigenvalue weighted by Gasteiger charge is -2.27. The number of benzene rings is 2. The summed E-state index contributed by atoms with van der Waals surface area (Å²) in [5.74, 6) is -1.32. The number of rotatable bonds is 3. The highest BCUT2D eigenvalue weighted by Crippen LogP contribution is 2.40.